The molecule has 0 amide bonds. The lowest BCUT2D eigenvalue weighted by Crippen LogP contribution is -2.22. The van der Waals surface area contributed by atoms with Crippen LogP contribution in [0.25, 0.3) is 0 Å². The van der Waals surface area contributed by atoms with Crippen molar-refractivity contribution in [2.24, 2.45) is 0 Å². The van der Waals surface area contributed by atoms with Gasteiger partial charge in [0.1, 0.15) is 0 Å². The molecule has 0 saturated carbocycles. The van der Waals surface area contributed by atoms with Gasteiger partial charge in [-0.15, -0.1) is 0 Å². The summed E-state index contributed by atoms with van der Waals surface area (Å²) in [5, 5.41) is 0.759. The fourth-order valence-electron chi connectivity index (χ4n) is 2.19. The molecule has 100 valence electrons. The smallest absolute Gasteiger partial charge is 0.0602 e. The van der Waals surface area contributed by atoms with E-state index >= 15 is 0 Å². The van der Waals surface area contributed by atoms with Gasteiger partial charge in [-0.2, -0.15) is 0 Å². The molecule has 19 heavy (non-hydrogen) atoms. The molecule has 0 heterocycles. The summed E-state index contributed by atoms with van der Waals surface area (Å²) in [5.41, 5.74) is 10.3. The number of nitrogen functional groups attached to an aromatic ring is 1. The molecule has 0 radical (unpaired) electrons. The van der Waals surface area contributed by atoms with Gasteiger partial charge >= 0.3 is 0 Å². The molecule has 2 rings (SSSR count). The lowest BCUT2D eigenvalue weighted by molar-refractivity contribution is 0.741. The number of benzene rings is 2. The third-order valence-corrected chi connectivity index (χ3v) is 3.71. The SMILES string of the molecule is Cc1ccc(N(C)C(C)c2cccc(Cl)c2)c(N)c1. The van der Waals surface area contributed by atoms with Crippen molar-refractivity contribution in [1.82, 2.24) is 0 Å². The van der Waals surface area contributed by atoms with Crippen LogP contribution in [0.15, 0.2) is 42.5 Å². The maximum absolute atomic E-state index is 6.10. The van der Waals surface area contributed by atoms with Gasteiger partial charge in [-0.1, -0.05) is 29.8 Å². The Balaban J connectivity index is 2.30. The van der Waals surface area contributed by atoms with Crippen LogP contribution in [0.2, 0.25) is 5.02 Å². The predicted octanol–water partition coefficient (Wildman–Crippen LogP) is 4.43. The van der Waals surface area contributed by atoms with Crippen LogP contribution in [-0.2, 0) is 0 Å². The van der Waals surface area contributed by atoms with Gasteiger partial charge in [0.05, 0.1) is 17.4 Å². The van der Waals surface area contributed by atoms with E-state index in [4.69, 9.17) is 17.3 Å². The first-order chi connectivity index (χ1) is 8.99. The minimum atomic E-state index is 0.212. The molecule has 0 aliphatic heterocycles. The highest BCUT2D eigenvalue weighted by Gasteiger charge is 2.14. The molecular formula is C16H19ClN2. The molecule has 0 fully saturated rings. The fraction of sp³-hybridized carbons (Fsp3) is 0.250. The van der Waals surface area contributed by atoms with Crippen LogP contribution in [-0.4, -0.2) is 7.05 Å². The van der Waals surface area contributed by atoms with Crippen molar-refractivity contribution in [2.75, 3.05) is 17.7 Å². The Morgan fingerprint density at radius 3 is 2.53 bits per heavy atom. The summed E-state index contributed by atoms with van der Waals surface area (Å²) < 4.78 is 0. The summed E-state index contributed by atoms with van der Waals surface area (Å²) >= 11 is 6.05. The second kappa shape index (κ2) is 5.54. The van der Waals surface area contributed by atoms with E-state index in [1.807, 2.05) is 38.2 Å². The highest BCUT2D eigenvalue weighted by molar-refractivity contribution is 6.30. The summed E-state index contributed by atoms with van der Waals surface area (Å²) in [5.74, 6) is 0. The summed E-state index contributed by atoms with van der Waals surface area (Å²) in [4.78, 5) is 2.17. The van der Waals surface area contributed by atoms with Gasteiger partial charge in [-0.05, 0) is 49.2 Å². The lowest BCUT2D eigenvalue weighted by Gasteiger charge is -2.28. The Morgan fingerprint density at radius 2 is 1.89 bits per heavy atom. The molecule has 3 heteroatoms. The topological polar surface area (TPSA) is 29.3 Å². The van der Waals surface area contributed by atoms with Crippen LogP contribution < -0.4 is 10.6 Å². The van der Waals surface area contributed by atoms with Crippen molar-refractivity contribution in [3.63, 3.8) is 0 Å². The van der Waals surface area contributed by atoms with Gasteiger partial charge in [-0.3, -0.25) is 0 Å². The van der Waals surface area contributed by atoms with Crippen LogP contribution in [0.5, 0.6) is 0 Å². The molecule has 2 N–H and O–H groups in total. The molecule has 2 nitrogen and oxygen atoms in total. The Morgan fingerprint density at radius 1 is 1.16 bits per heavy atom. The summed E-state index contributed by atoms with van der Waals surface area (Å²) in [7, 11) is 2.05. The van der Waals surface area contributed by atoms with E-state index in [-0.39, 0.29) is 6.04 Å². The number of hydrogen-bond donors (Lipinski definition) is 1. The molecule has 0 aromatic heterocycles. The highest BCUT2D eigenvalue weighted by atomic mass is 35.5. The largest absolute Gasteiger partial charge is 0.397 e. The van der Waals surface area contributed by atoms with Gasteiger partial charge in [-0.25, -0.2) is 0 Å². The second-order valence-corrected chi connectivity index (χ2v) is 5.34. The Hall–Kier alpha value is -1.67. The average Bonchev–Trinajstić information content (AvgIpc) is 2.37. The molecule has 0 spiro atoms. The summed E-state index contributed by atoms with van der Waals surface area (Å²) in [6, 6.07) is 14.3. The summed E-state index contributed by atoms with van der Waals surface area (Å²) in [6.07, 6.45) is 0. The average molecular weight is 275 g/mol. The number of anilines is 2. The van der Waals surface area contributed by atoms with Crippen molar-refractivity contribution >= 4 is 23.0 Å². The second-order valence-electron chi connectivity index (χ2n) is 4.90. The van der Waals surface area contributed by atoms with Crippen LogP contribution in [0.1, 0.15) is 24.1 Å². The van der Waals surface area contributed by atoms with Crippen molar-refractivity contribution in [3.8, 4) is 0 Å². The number of halogens is 1. The zero-order valence-electron chi connectivity index (χ0n) is 11.5. The van der Waals surface area contributed by atoms with Gasteiger partial charge < -0.3 is 10.6 Å². The van der Waals surface area contributed by atoms with E-state index in [1.54, 1.807) is 0 Å². The van der Waals surface area contributed by atoms with Gasteiger partial charge in [0.25, 0.3) is 0 Å². The molecule has 1 atom stereocenters. The van der Waals surface area contributed by atoms with Gasteiger partial charge in [0.2, 0.25) is 0 Å². The first kappa shape index (κ1) is 13.8. The first-order valence-electron chi connectivity index (χ1n) is 6.33. The third kappa shape index (κ3) is 3.02. The zero-order chi connectivity index (χ0) is 14.0. The number of hydrogen-bond acceptors (Lipinski definition) is 2. The molecule has 0 aliphatic carbocycles. The molecule has 0 saturated heterocycles. The van der Waals surface area contributed by atoms with Crippen molar-refractivity contribution in [3.05, 3.63) is 58.6 Å². The van der Waals surface area contributed by atoms with E-state index in [0.29, 0.717) is 0 Å². The zero-order valence-corrected chi connectivity index (χ0v) is 12.3. The molecule has 2 aromatic carbocycles. The van der Waals surface area contributed by atoms with Crippen LogP contribution >= 0.6 is 11.6 Å². The Labute approximate surface area is 119 Å². The number of nitrogens with zero attached hydrogens (tertiary/aromatic N) is 1. The van der Waals surface area contributed by atoms with Crippen molar-refractivity contribution < 1.29 is 0 Å². The lowest BCUT2D eigenvalue weighted by atomic mass is 10.1. The molecule has 2 aromatic rings. The van der Waals surface area contributed by atoms with E-state index in [0.717, 1.165) is 16.4 Å². The predicted molar refractivity (Wildman–Crippen MR) is 83.9 cm³/mol. The normalized spacial score (nSPS) is 12.2. The molecule has 1 unspecified atom stereocenters. The third-order valence-electron chi connectivity index (χ3n) is 3.48. The minimum absolute atomic E-state index is 0.212. The van der Waals surface area contributed by atoms with Crippen molar-refractivity contribution in [1.29, 1.82) is 0 Å². The maximum atomic E-state index is 6.10. The number of nitrogens with two attached hydrogens (primary N) is 1. The van der Waals surface area contributed by atoms with Crippen molar-refractivity contribution in [2.45, 2.75) is 19.9 Å². The quantitative estimate of drug-likeness (QED) is 0.839. The Bertz CT molecular complexity index is 581. The standard InChI is InChI=1S/C16H19ClN2/c1-11-7-8-16(15(18)9-11)19(3)12(2)13-5-4-6-14(17)10-13/h4-10,12H,18H2,1-3H3. The number of rotatable bonds is 3. The van der Waals surface area contributed by atoms with E-state index in [1.165, 1.54) is 11.1 Å². The fourth-order valence-corrected chi connectivity index (χ4v) is 2.39. The molecular weight excluding hydrogens is 256 g/mol. The minimum Gasteiger partial charge on any atom is -0.397 e. The van der Waals surface area contributed by atoms with Crippen LogP contribution in [0.3, 0.4) is 0 Å². The first-order valence-corrected chi connectivity index (χ1v) is 6.71. The van der Waals surface area contributed by atoms with Gasteiger partial charge in [0, 0.05) is 12.1 Å². The van der Waals surface area contributed by atoms with Crippen LogP contribution in [0.4, 0.5) is 11.4 Å². The monoisotopic (exact) mass is 274 g/mol. The van der Waals surface area contributed by atoms with E-state index in [2.05, 4.69) is 30.0 Å². The summed E-state index contributed by atoms with van der Waals surface area (Å²) in [6.45, 7) is 4.19. The molecule has 0 aliphatic rings. The van der Waals surface area contributed by atoms with E-state index in [9.17, 15) is 0 Å². The highest BCUT2D eigenvalue weighted by Crippen LogP contribution is 2.31. The Kier molecular flexibility index (Phi) is 4.01. The van der Waals surface area contributed by atoms with Gasteiger partial charge in [0.15, 0.2) is 0 Å². The number of aryl methyl sites for hydroxylation is 1. The van der Waals surface area contributed by atoms with E-state index < -0.39 is 0 Å². The molecule has 0 bridgehead atoms. The maximum Gasteiger partial charge on any atom is 0.0602 e. The van der Waals surface area contributed by atoms with Crippen LogP contribution in [0, 0.1) is 6.92 Å².